The zero-order valence-electron chi connectivity index (χ0n) is 12.4. The van der Waals surface area contributed by atoms with E-state index in [0.29, 0.717) is 36.2 Å². The van der Waals surface area contributed by atoms with Crippen molar-refractivity contribution in [1.29, 1.82) is 0 Å². The van der Waals surface area contributed by atoms with Crippen LogP contribution in [0.3, 0.4) is 0 Å². The van der Waals surface area contributed by atoms with Gasteiger partial charge in [0.15, 0.2) is 5.76 Å². The maximum Gasteiger partial charge on any atom is 0.291 e. The number of furan rings is 1. The molecule has 1 aromatic carbocycles. The van der Waals surface area contributed by atoms with Gasteiger partial charge in [0.1, 0.15) is 17.3 Å². The first-order valence-electron chi connectivity index (χ1n) is 6.91. The van der Waals surface area contributed by atoms with Crippen molar-refractivity contribution in [3.63, 3.8) is 0 Å². The van der Waals surface area contributed by atoms with E-state index in [-0.39, 0.29) is 11.7 Å². The summed E-state index contributed by atoms with van der Waals surface area (Å²) in [6, 6.07) is 8.70. The van der Waals surface area contributed by atoms with Gasteiger partial charge in [-0.3, -0.25) is 4.79 Å². The molecule has 1 N–H and O–H groups in total. The van der Waals surface area contributed by atoms with Gasteiger partial charge in [0, 0.05) is 6.07 Å². The summed E-state index contributed by atoms with van der Waals surface area (Å²) in [6.07, 6.45) is 0. The summed E-state index contributed by atoms with van der Waals surface area (Å²) < 4.78 is 16.3. The summed E-state index contributed by atoms with van der Waals surface area (Å²) in [7, 11) is 0. The zero-order chi connectivity index (χ0) is 15.2. The molecule has 0 aliphatic rings. The second-order valence-corrected chi connectivity index (χ2v) is 4.39. The lowest BCUT2D eigenvalue weighted by molar-refractivity contribution is 0.0995. The topological polar surface area (TPSA) is 60.7 Å². The summed E-state index contributed by atoms with van der Waals surface area (Å²) >= 11 is 0. The van der Waals surface area contributed by atoms with E-state index in [1.807, 2.05) is 13.8 Å². The fourth-order valence-electron chi connectivity index (χ4n) is 1.89. The van der Waals surface area contributed by atoms with Crippen molar-refractivity contribution >= 4 is 11.6 Å². The first-order chi connectivity index (χ1) is 10.1. The van der Waals surface area contributed by atoms with Gasteiger partial charge in [-0.05, 0) is 45.0 Å². The number of amides is 1. The first kappa shape index (κ1) is 15.0. The standard InChI is InChI=1S/C16H19NO4/c1-4-19-12-7-9-14(20-5-2)13(10-12)17-16(18)15-8-6-11(3)21-15/h6-10H,4-5H2,1-3H3,(H,17,18). The molecule has 1 amide bonds. The van der Waals surface area contributed by atoms with Crippen LogP contribution in [0.5, 0.6) is 11.5 Å². The number of anilines is 1. The fraction of sp³-hybridized carbons (Fsp3) is 0.312. The molecule has 0 radical (unpaired) electrons. The van der Waals surface area contributed by atoms with E-state index in [0.717, 1.165) is 0 Å². The minimum atomic E-state index is -0.322. The lowest BCUT2D eigenvalue weighted by atomic mass is 10.2. The average molecular weight is 289 g/mol. The maximum atomic E-state index is 12.2. The molecule has 2 aromatic rings. The zero-order valence-corrected chi connectivity index (χ0v) is 12.4. The quantitative estimate of drug-likeness (QED) is 0.882. The third kappa shape index (κ3) is 3.78. The van der Waals surface area contributed by atoms with Crippen molar-refractivity contribution in [3.8, 4) is 11.5 Å². The van der Waals surface area contributed by atoms with Gasteiger partial charge >= 0.3 is 0 Å². The Bertz CT molecular complexity index is 618. The Morgan fingerprint density at radius 2 is 1.90 bits per heavy atom. The van der Waals surface area contributed by atoms with Gasteiger partial charge in [-0.2, -0.15) is 0 Å². The fourth-order valence-corrected chi connectivity index (χ4v) is 1.89. The molecule has 0 saturated heterocycles. The van der Waals surface area contributed by atoms with Crippen molar-refractivity contribution in [2.75, 3.05) is 18.5 Å². The van der Waals surface area contributed by atoms with Crippen LogP contribution in [0.15, 0.2) is 34.7 Å². The van der Waals surface area contributed by atoms with E-state index in [4.69, 9.17) is 13.9 Å². The molecule has 0 bridgehead atoms. The number of aryl methyl sites for hydroxylation is 1. The normalized spacial score (nSPS) is 10.2. The molecule has 0 saturated carbocycles. The maximum absolute atomic E-state index is 12.2. The molecule has 2 rings (SSSR count). The Labute approximate surface area is 123 Å². The third-order valence-electron chi connectivity index (χ3n) is 2.77. The SMILES string of the molecule is CCOc1ccc(OCC)c(NC(=O)c2ccc(C)o2)c1. The number of carbonyl (C=O) groups excluding carboxylic acids is 1. The summed E-state index contributed by atoms with van der Waals surface area (Å²) in [5.41, 5.74) is 0.557. The van der Waals surface area contributed by atoms with Gasteiger partial charge in [0.2, 0.25) is 0 Å². The second kappa shape index (κ2) is 6.83. The van der Waals surface area contributed by atoms with Crippen molar-refractivity contribution in [2.24, 2.45) is 0 Å². The molecular formula is C16H19NO4. The van der Waals surface area contributed by atoms with Crippen molar-refractivity contribution in [3.05, 3.63) is 41.9 Å². The highest BCUT2D eigenvalue weighted by molar-refractivity contribution is 6.03. The molecule has 21 heavy (non-hydrogen) atoms. The highest BCUT2D eigenvalue weighted by atomic mass is 16.5. The van der Waals surface area contributed by atoms with Crippen LogP contribution in [0.2, 0.25) is 0 Å². The van der Waals surface area contributed by atoms with Gasteiger partial charge in [-0.1, -0.05) is 0 Å². The van der Waals surface area contributed by atoms with Gasteiger partial charge in [0.05, 0.1) is 18.9 Å². The predicted molar refractivity (Wildman–Crippen MR) is 80.2 cm³/mol. The van der Waals surface area contributed by atoms with E-state index in [9.17, 15) is 4.79 Å². The molecule has 5 nitrogen and oxygen atoms in total. The van der Waals surface area contributed by atoms with E-state index < -0.39 is 0 Å². The summed E-state index contributed by atoms with van der Waals surface area (Å²) in [4.78, 5) is 12.2. The van der Waals surface area contributed by atoms with Gasteiger partial charge in [0.25, 0.3) is 5.91 Å². The van der Waals surface area contributed by atoms with Crippen LogP contribution in [-0.2, 0) is 0 Å². The van der Waals surface area contributed by atoms with Gasteiger partial charge in [-0.25, -0.2) is 0 Å². The van der Waals surface area contributed by atoms with Crippen molar-refractivity contribution in [2.45, 2.75) is 20.8 Å². The van der Waals surface area contributed by atoms with Crippen molar-refractivity contribution in [1.82, 2.24) is 0 Å². The number of rotatable bonds is 6. The Kier molecular flexibility index (Phi) is 4.87. The highest BCUT2D eigenvalue weighted by Crippen LogP contribution is 2.30. The van der Waals surface area contributed by atoms with E-state index in [1.165, 1.54) is 0 Å². The lowest BCUT2D eigenvalue weighted by Crippen LogP contribution is -2.12. The summed E-state index contributed by atoms with van der Waals surface area (Å²) in [5.74, 6) is 1.90. The third-order valence-corrected chi connectivity index (χ3v) is 2.77. The minimum absolute atomic E-state index is 0.261. The molecule has 112 valence electrons. The van der Waals surface area contributed by atoms with Crippen molar-refractivity contribution < 1.29 is 18.7 Å². The number of hydrogen-bond donors (Lipinski definition) is 1. The molecule has 0 fully saturated rings. The predicted octanol–water partition coefficient (Wildman–Crippen LogP) is 3.64. The van der Waals surface area contributed by atoms with Crippen LogP contribution in [0, 0.1) is 6.92 Å². The number of ether oxygens (including phenoxy) is 2. The van der Waals surface area contributed by atoms with Crippen LogP contribution >= 0.6 is 0 Å². The lowest BCUT2D eigenvalue weighted by Gasteiger charge is -2.13. The first-order valence-corrected chi connectivity index (χ1v) is 6.91. The molecule has 5 heteroatoms. The number of hydrogen-bond acceptors (Lipinski definition) is 4. The van der Waals surface area contributed by atoms with Gasteiger partial charge in [-0.15, -0.1) is 0 Å². The Morgan fingerprint density at radius 1 is 1.14 bits per heavy atom. The van der Waals surface area contributed by atoms with Crippen LogP contribution in [0.1, 0.15) is 30.2 Å². The Balaban J connectivity index is 2.23. The summed E-state index contributed by atoms with van der Waals surface area (Å²) in [5, 5.41) is 2.79. The van der Waals surface area contributed by atoms with Gasteiger partial charge < -0.3 is 19.2 Å². The smallest absolute Gasteiger partial charge is 0.291 e. The van der Waals surface area contributed by atoms with Crippen LogP contribution < -0.4 is 14.8 Å². The molecule has 0 unspecified atom stereocenters. The Hall–Kier alpha value is -2.43. The molecule has 1 aromatic heterocycles. The van der Waals surface area contributed by atoms with E-state index in [2.05, 4.69) is 5.32 Å². The highest BCUT2D eigenvalue weighted by Gasteiger charge is 2.14. The largest absolute Gasteiger partial charge is 0.494 e. The molecule has 1 heterocycles. The second-order valence-electron chi connectivity index (χ2n) is 4.39. The molecule has 0 spiro atoms. The molecule has 0 atom stereocenters. The number of nitrogens with one attached hydrogen (secondary N) is 1. The monoisotopic (exact) mass is 289 g/mol. The Morgan fingerprint density at radius 3 is 2.52 bits per heavy atom. The molecule has 0 aliphatic heterocycles. The minimum Gasteiger partial charge on any atom is -0.494 e. The van der Waals surface area contributed by atoms with Crippen LogP contribution in [0.4, 0.5) is 5.69 Å². The average Bonchev–Trinajstić information content (AvgIpc) is 2.89. The number of benzene rings is 1. The number of carbonyl (C=O) groups is 1. The molecular weight excluding hydrogens is 270 g/mol. The van der Waals surface area contributed by atoms with E-state index >= 15 is 0 Å². The van der Waals surface area contributed by atoms with Crippen LogP contribution in [-0.4, -0.2) is 19.1 Å². The molecule has 0 aliphatic carbocycles. The van der Waals surface area contributed by atoms with E-state index in [1.54, 1.807) is 37.3 Å². The summed E-state index contributed by atoms with van der Waals surface area (Å²) in [6.45, 7) is 6.64. The van der Waals surface area contributed by atoms with Crippen LogP contribution in [0.25, 0.3) is 0 Å².